The summed E-state index contributed by atoms with van der Waals surface area (Å²) in [5.74, 6) is 0.175. The Morgan fingerprint density at radius 2 is 2.40 bits per heavy atom. The normalized spacial score (nSPS) is 37.1. The van der Waals surface area contributed by atoms with Crippen LogP contribution in [-0.2, 0) is 9.53 Å². The largest absolute Gasteiger partial charge is 0.368 e. The van der Waals surface area contributed by atoms with Crippen molar-refractivity contribution in [2.75, 3.05) is 13.1 Å². The number of fused-ring (bicyclic) bond motifs is 1. The molecule has 0 aromatic carbocycles. The Kier molecular flexibility index (Phi) is 1.20. The standard InChI is InChI=1S/C7H11NO2/c1-5(9)8-3-2-6-7(4-8)10-6/h6-7H,2-4H2,1H3/t6-,7-/m1/s1. The third-order valence-corrected chi connectivity index (χ3v) is 2.22. The highest BCUT2D eigenvalue weighted by atomic mass is 16.6. The van der Waals surface area contributed by atoms with E-state index in [4.69, 9.17) is 4.74 Å². The Morgan fingerprint density at radius 3 is 3.00 bits per heavy atom. The number of carbonyl (C=O) groups excluding carboxylic acids is 1. The van der Waals surface area contributed by atoms with E-state index in [1.165, 1.54) is 0 Å². The lowest BCUT2D eigenvalue weighted by Crippen LogP contribution is -2.37. The van der Waals surface area contributed by atoms with Gasteiger partial charge in [0.1, 0.15) is 6.10 Å². The van der Waals surface area contributed by atoms with E-state index in [0.717, 1.165) is 19.5 Å². The fourth-order valence-corrected chi connectivity index (χ4v) is 1.47. The van der Waals surface area contributed by atoms with Crippen molar-refractivity contribution in [3.05, 3.63) is 0 Å². The average molecular weight is 141 g/mol. The van der Waals surface area contributed by atoms with Crippen molar-refractivity contribution in [2.45, 2.75) is 25.6 Å². The molecule has 2 aliphatic rings. The SMILES string of the molecule is CC(=O)N1CC[C@H]2O[C@@H]2C1. The summed E-state index contributed by atoms with van der Waals surface area (Å²) >= 11 is 0. The van der Waals surface area contributed by atoms with Gasteiger partial charge in [0.2, 0.25) is 5.91 Å². The van der Waals surface area contributed by atoms with Gasteiger partial charge >= 0.3 is 0 Å². The van der Waals surface area contributed by atoms with E-state index < -0.39 is 0 Å². The smallest absolute Gasteiger partial charge is 0.219 e. The zero-order valence-corrected chi connectivity index (χ0v) is 6.04. The van der Waals surface area contributed by atoms with Gasteiger partial charge in [-0.25, -0.2) is 0 Å². The Labute approximate surface area is 60.0 Å². The minimum atomic E-state index is 0.175. The number of amides is 1. The summed E-state index contributed by atoms with van der Waals surface area (Å²) in [6.45, 7) is 3.32. The summed E-state index contributed by atoms with van der Waals surface area (Å²) < 4.78 is 5.26. The zero-order chi connectivity index (χ0) is 7.14. The van der Waals surface area contributed by atoms with Crippen LogP contribution < -0.4 is 0 Å². The molecule has 56 valence electrons. The third kappa shape index (κ3) is 0.904. The van der Waals surface area contributed by atoms with Crippen LogP contribution in [0.3, 0.4) is 0 Å². The predicted molar refractivity (Wildman–Crippen MR) is 35.5 cm³/mol. The summed E-state index contributed by atoms with van der Waals surface area (Å²) in [6, 6.07) is 0. The Bertz CT molecular complexity index is 169. The molecule has 0 spiro atoms. The number of epoxide rings is 1. The lowest BCUT2D eigenvalue weighted by atomic mass is 10.1. The zero-order valence-electron chi connectivity index (χ0n) is 6.04. The topological polar surface area (TPSA) is 32.8 Å². The molecule has 2 saturated heterocycles. The van der Waals surface area contributed by atoms with Crippen molar-refractivity contribution < 1.29 is 9.53 Å². The van der Waals surface area contributed by atoms with Crippen molar-refractivity contribution in [2.24, 2.45) is 0 Å². The van der Waals surface area contributed by atoms with Crippen LogP contribution in [0.1, 0.15) is 13.3 Å². The Morgan fingerprint density at radius 1 is 1.60 bits per heavy atom. The molecular formula is C7H11NO2. The van der Waals surface area contributed by atoms with Gasteiger partial charge in [0.05, 0.1) is 6.10 Å². The first-order chi connectivity index (χ1) is 4.77. The monoisotopic (exact) mass is 141 g/mol. The number of carbonyl (C=O) groups is 1. The maximum atomic E-state index is 10.8. The highest BCUT2D eigenvalue weighted by Gasteiger charge is 2.43. The van der Waals surface area contributed by atoms with Gasteiger partial charge in [-0.3, -0.25) is 4.79 Å². The van der Waals surface area contributed by atoms with E-state index in [0.29, 0.717) is 12.2 Å². The van der Waals surface area contributed by atoms with Crippen molar-refractivity contribution in [1.82, 2.24) is 4.90 Å². The van der Waals surface area contributed by atoms with Gasteiger partial charge in [-0.05, 0) is 6.42 Å². The van der Waals surface area contributed by atoms with Gasteiger partial charge in [0.25, 0.3) is 0 Å². The molecule has 0 saturated carbocycles. The number of hydrogen-bond acceptors (Lipinski definition) is 2. The predicted octanol–water partition coefficient (Wildman–Crippen LogP) is 0.00600. The maximum absolute atomic E-state index is 10.8. The van der Waals surface area contributed by atoms with Crippen LogP contribution in [0.5, 0.6) is 0 Å². The highest BCUT2D eigenvalue weighted by Crippen LogP contribution is 2.30. The fraction of sp³-hybridized carbons (Fsp3) is 0.857. The molecular weight excluding hydrogens is 130 g/mol. The molecule has 0 N–H and O–H groups in total. The molecule has 2 heterocycles. The molecule has 1 amide bonds. The number of nitrogens with zero attached hydrogens (tertiary/aromatic N) is 1. The van der Waals surface area contributed by atoms with E-state index >= 15 is 0 Å². The van der Waals surface area contributed by atoms with Crippen LogP contribution in [0.2, 0.25) is 0 Å². The van der Waals surface area contributed by atoms with E-state index in [1.54, 1.807) is 6.92 Å². The lowest BCUT2D eigenvalue weighted by molar-refractivity contribution is -0.129. The maximum Gasteiger partial charge on any atom is 0.219 e. The van der Waals surface area contributed by atoms with Crippen LogP contribution in [-0.4, -0.2) is 36.1 Å². The highest BCUT2D eigenvalue weighted by molar-refractivity contribution is 5.73. The van der Waals surface area contributed by atoms with E-state index in [2.05, 4.69) is 0 Å². The first-order valence-corrected chi connectivity index (χ1v) is 3.68. The van der Waals surface area contributed by atoms with Gasteiger partial charge in [0, 0.05) is 20.0 Å². The van der Waals surface area contributed by atoms with Gasteiger partial charge in [-0.2, -0.15) is 0 Å². The number of ether oxygens (including phenoxy) is 1. The molecule has 3 nitrogen and oxygen atoms in total. The van der Waals surface area contributed by atoms with Crippen molar-refractivity contribution in [3.8, 4) is 0 Å². The molecule has 0 aliphatic carbocycles. The molecule has 3 heteroatoms. The second-order valence-corrected chi connectivity index (χ2v) is 2.97. The molecule has 0 aromatic rings. The number of hydrogen-bond donors (Lipinski definition) is 0. The van der Waals surface area contributed by atoms with E-state index in [-0.39, 0.29) is 5.91 Å². The van der Waals surface area contributed by atoms with Crippen LogP contribution in [0, 0.1) is 0 Å². The number of rotatable bonds is 0. The van der Waals surface area contributed by atoms with Crippen LogP contribution in [0.4, 0.5) is 0 Å². The molecule has 0 aromatic heterocycles. The van der Waals surface area contributed by atoms with Gasteiger partial charge in [-0.1, -0.05) is 0 Å². The number of likely N-dealkylation sites (tertiary alicyclic amines) is 1. The molecule has 0 unspecified atom stereocenters. The number of piperidine rings is 1. The second kappa shape index (κ2) is 1.95. The second-order valence-electron chi connectivity index (χ2n) is 2.97. The fourth-order valence-electron chi connectivity index (χ4n) is 1.47. The minimum Gasteiger partial charge on any atom is -0.368 e. The van der Waals surface area contributed by atoms with Gasteiger partial charge in [-0.15, -0.1) is 0 Å². The van der Waals surface area contributed by atoms with Crippen LogP contribution in [0.25, 0.3) is 0 Å². The molecule has 10 heavy (non-hydrogen) atoms. The van der Waals surface area contributed by atoms with Gasteiger partial charge < -0.3 is 9.64 Å². The molecule has 2 fully saturated rings. The van der Waals surface area contributed by atoms with Crippen molar-refractivity contribution in [3.63, 3.8) is 0 Å². The first-order valence-electron chi connectivity index (χ1n) is 3.68. The van der Waals surface area contributed by atoms with E-state index in [1.807, 2.05) is 4.90 Å². The van der Waals surface area contributed by atoms with Gasteiger partial charge in [0.15, 0.2) is 0 Å². The average Bonchev–Trinajstić information content (AvgIpc) is 2.63. The molecule has 2 aliphatic heterocycles. The first kappa shape index (κ1) is 6.16. The lowest BCUT2D eigenvalue weighted by Gasteiger charge is -2.22. The minimum absolute atomic E-state index is 0.175. The van der Waals surface area contributed by atoms with Crippen LogP contribution >= 0.6 is 0 Å². The molecule has 0 bridgehead atoms. The van der Waals surface area contributed by atoms with Crippen molar-refractivity contribution >= 4 is 5.91 Å². The Balaban J connectivity index is 1.94. The summed E-state index contributed by atoms with van der Waals surface area (Å²) in [6.07, 6.45) is 1.89. The van der Waals surface area contributed by atoms with Crippen molar-refractivity contribution in [1.29, 1.82) is 0 Å². The summed E-state index contributed by atoms with van der Waals surface area (Å²) in [7, 11) is 0. The summed E-state index contributed by atoms with van der Waals surface area (Å²) in [4.78, 5) is 12.7. The summed E-state index contributed by atoms with van der Waals surface area (Å²) in [5.41, 5.74) is 0. The summed E-state index contributed by atoms with van der Waals surface area (Å²) in [5, 5.41) is 0. The third-order valence-electron chi connectivity index (χ3n) is 2.22. The molecule has 0 radical (unpaired) electrons. The molecule has 2 rings (SSSR count). The quantitative estimate of drug-likeness (QED) is 0.445. The van der Waals surface area contributed by atoms with E-state index in [9.17, 15) is 4.79 Å². The molecule has 2 atom stereocenters. The Hall–Kier alpha value is -0.570. The van der Waals surface area contributed by atoms with Crippen LogP contribution in [0.15, 0.2) is 0 Å².